The van der Waals surface area contributed by atoms with E-state index in [1.807, 2.05) is 68.6 Å². The largest absolute Gasteiger partial charge is 0.334 e. The number of pyridine rings is 1. The van der Waals surface area contributed by atoms with Crippen LogP contribution in [0.3, 0.4) is 0 Å². The highest BCUT2D eigenvalue weighted by atomic mass is 16.2. The second-order valence-corrected chi connectivity index (χ2v) is 6.15. The van der Waals surface area contributed by atoms with Gasteiger partial charge in [-0.2, -0.15) is 5.10 Å². The number of urea groups is 1. The Morgan fingerprint density at radius 2 is 2.18 bits per heavy atom. The molecule has 2 amide bonds. The highest BCUT2D eigenvalue weighted by Crippen LogP contribution is 2.21. The predicted molar refractivity (Wildman–Crippen MR) is 112 cm³/mol. The molecule has 0 aliphatic heterocycles. The fourth-order valence-electron chi connectivity index (χ4n) is 2.69. The van der Waals surface area contributed by atoms with E-state index in [9.17, 15) is 4.79 Å². The third kappa shape index (κ3) is 4.50. The lowest BCUT2D eigenvalue weighted by atomic mass is 10.1. The highest BCUT2D eigenvalue weighted by Gasteiger charge is 2.09. The number of carbonyl (C=O) groups excluding carboxylic acids is 1. The molecule has 0 saturated carbocycles. The van der Waals surface area contributed by atoms with Gasteiger partial charge in [0.15, 0.2) is 5.82 Å². The zero-order valence-corrected chi connectivity index (χ0v) is 15.9. The van der Waals surface area contributed by atoms with Crippen molar-refractivity contribution in [3.63, 3.8) is 0 Å². The van der Waals surface area contributed by atoms with Crippen molar-refractivity contribution in [2.45, 2.75) is 20.4 Å². The van der Waals surface area contributed by atoms with Gasteiger partial charge in [0.2, 0.25) is 0 Å². The maximum Gasteiger partial charge on any atom is 0.320 e. The molecule has 7 heteroatoms. The molecule has 0 atom stereocenters. The first kappa shape index (κ1) is 19.0. The van der Waals surface area contributed by atoms with Crippen LogP contribution in [0.2, 0.25) is 0 Å². The Balaban J connectivity index is 1.69. The molecule has 0 unspecified atom stereocenters. The molecule has 28 heavy (non-hydrogen) atoms. The number of imidazole rings is 1. The van der Waals surface area contributed by atoms with Crippen molar-refractivity contribution >= 4 is 24.6 Å². The normalized spacial score (nSPS) is 10.8. The van der Waals surface area contributed by atoms with E-state index in [1.54, 1.807) is 10.9 Å². The summed E-state index contributed by atoms with van der Waals surface area (Å²) in [5.74, 6) is 1.26. The van der Waals surface area contributed by atoms with Crippen LogP contribution in [0.15, 0.2) is 60.0 Å². The lowest BCUT2D eigenvalue weighted by Gasteiger charge is -2.09. The number of allylic oxidation sites excluding steroid dienone is 1. The Hall–Kier alpha value is -3.74. The number of amides is 2. The lowest BCUT2D eigenvalue weighted by Crippen LogP contribution is -2.28. The van der Waals surface area contributed by atoms with Gasteiger partial charge in [-0.05, 0) is 43.2 Å². The van der Waals surface area contributed by atoms with Gasteiger partial charge >= 0.3 is 6.03 Å². The van der Waals surface area contributed by atoms with Crippen LogP contribution >= 0.6 is 0 Å². The number of nitrogens with one attached hydrogen (secondary N) is 2. The fraction of sp³-hybridized carbons (Fsp3) is 0.143. The molecular weight excluding hydrogens is 352 g/mol. The number of anilines is 1. The zero-order valence-electron chi connectivity index (χ0n) is 15.9. The van der Waals surface area contributed by atoms with Crippen LogP contribution in [0.25, 0.3) is 17.3 Å². The molecule has 7 nitrogen and oxygen atoms in total. The molecule has 3 rings (SSSR count). The van der Waals surface area contributed by atoms with Gasteiger partial charge in [0.05, 0.1) is 11.9 Å². The van der Waals surface area contributed by atoms with E-state index in [4.69, 9.17) is 0 Å². The molecule has 2 N–H and O–H groups in total. The Bertz CT molecular complexity index is 1020. The summed E-state index contributed by atoms with van der Waals surface area (Å²) in [6, 6.07) is 11.3. The molecule has 0 aliphatic carbocycles. The quantitative estimate of drug-likeness (QED) is 0.638. The van der Waals surface area contributed by atoms with Crippen molar-refractivity contribution in [2.75, 3.05) is 5.32 Å². The summed E-state index contributed by atoms with van der Waals surface area (Å²) in [4.78, 5) is 20.9. The fourth-order valence-corrected chi connectivity index (χ4v) is 2.69. The molecule has 0 saturated heterocycles. The Morgan fingerprint density at radius 1 is 1.32 bits per heavy atom. The first-order chi connectivity index (χ1) is 13.6. The molecule has 3 aromatic rings. The molecule has 0 bridgehead atoms. The molecule has 0 fully saturated rings. The standard InChI is InChI=1S/C21H22N6O/c1-4-7-19-25-18(14-27(19)22-3)17-10-5-9-16(12-17)13-24-21(28)26-20-15(2)8-6-11-23-20/h4-12,14H,3,13H2,1-2H3,(H2,23,24,26,28)/b7-4-. The molecule has 0 radical (unpaired) electrons. The van der Waals surface area contributed by atoms with E-state index in [1.165, 1.54) is 0 Å². The van der Waals surface area contributed by atoms with Crippen LogP contribution in [0, 0.1) is 6.92 Å². The zero-order chi connectivity index (χ0) is 19.9. The second kappa shape index (κ2) is 8.77. The Morgan fingerprint density at radius 3 is 2.93 bits per heavy atom. The van der Waals surface area contributed by atoms with Gasteiger partial charge in [-0.15, -0.1) is 0 Å². The molecule has 0 aliphatic rings. The molecule has 2 aromatic heterocycles. The van der Waals surface area contributed by atoms with Crippen LogP contribution in [0.4, 0.5) is 10.6 Å². The van der Waals surface area contributed by atoms with E-state index in [0.717, 1.165) is 22.4 Å². The summed E-state index contributed by atoms with van der Waals surface area (Å²) in [6.45, 7) is 7.77. The topological polar surface area (TPSA) is 84.2 Å². The second-order valence-electron chi connectivity index (χ2n) is 6.15. The van der Waals surface area contributed by atoms with Crippen molar-refractivity contribution in [1.82, 2.24) is 20.0 Å². The number of nitrogens with zero attached hydrogens (tertiary/aromatic N) is 4. The Labute approximate surface area is 163 Å². The summed E-state index contributed by atoms with van der Waals surface area (Å²) in [6.07, 6.45) is 7.24. The molecule has 0 spiro atoms. The van der Waals surface area contributed by atoms with Gasteiger partial charge in [-0.25, -0.2) is 19.4 Å². The number of hydrogen-bond donors (Lipinski definition) is 2. The third-order valence-corrected chi connectivity index (χ3v) is 4.10. The van der Waals surface area contributed by atoms with E-state index < -0.39 is 0 Å². The SMILES string of the molecule is C=Nn1cc(-c2cccc(CNC(=O)Nc3ncccc3C)c2)nc1/C=C\C. The van der Waals surface area contributed by atoms with Crippen molar-refractivity contribution in [3.8, 4) is 11.3 Å². The van der Waals surface area contributed by atoms with Crippen molar-refractivity contribution < 1.29 is 4.79 Å². The van der Waals surface area contributed by atoms with Crippen LogP contribution in [0.1, 0.15) is 23.9 Å². The van der Waals surface area contributed by atoms with Gasteiger partial charge in [0.25, 0.3) is 0 Å². The summed E-state index contributed by atoms with van der Waals surface area (Å²) in [5, 5.41) is 9.55. The molecule has 2 heterocycles. The average Bonchev–Trinajstić information content (AvgIpc) is 3.12. The molecular formula is C21H22N6O. The summed E-state index contributed by atoms with van der Waals surface area (Å²) >= 11 is 0. The van der Waals surface area contributed by atoms with Crippen LogP contribution < -0.4 is 10.6 Å². The molecule has 1 aromatic carbocycles. The van der Waals surface area contributed by atoms with Crippen molar-refractivity contribution in [3.05, 3.63) is 71.8 Å². The smallest absolute Gasteiger partial charge is 0.320 e. The molecule has 142 valence electrons. The number of rotatable bonds is 6. The first-order valence-electron chi connectivity index (χ1n) is 8.85. The minimum atomic E-state index is -0.303. The summed E-state index contributed by atoms with van der Waals surface area (Å²) in [5.41, 5.74) is 3.59. The number of aromatic nitrogens is 3. The number of carbonyl (C=O) groups is 1. The van der Waals surface area contributed by atoms with E-state index >= 15 is 0 Å². The van der Waals surface area contributed by atoms with E-state index in [2.05, 4.69) is 32.4 Å². The van der Waals surface area contributed by atoms with Crippen LogP contribution in [-0.4, -0.2) is 27.4 Å². The maximum atomic E-state index is 12.1. The van der Waals surface area contributed by atoms with Gasteiger partial charge in [-0.3, -0.25) is 5.32 Å². The van der Waals surface area contributed by atoms with Gasteiger partial charge < -0.3 is 5.32 Å². The van der Waals surface area contributed by atoms with Crippen LogP contribution in [0.5, 0.6) is 0 Å². The summed E-state index contributed by atoms with van der Waals surface area (Å²) in [7, 11) is 0. The summed E-state index contributed by atoms with van der Waals surface area (Å²) < 4.78 is 1.63. The maximum absolute atomic E-state index is 12.1. The van der Waals surface area contributed by atoms with Gasteiger partial charge in [0.1, 0.15) is 5.82 Å². The van der Waals surface area contributed by atoms with Crippen molar-refractivity contribution in [2.24, 2.45) is 5.10 Å². The number of hydrogen-bond acceptors (Lipinski definition) is 4. The van der Waals surface area contributed by atoms with E-state index in [0.29, 0.717) is 18.2 Å². The van der Waals surface area contributed by atoms with E-state index in [-0.39, 0.29) is 6.03 Å². The number of benzene rings is 1. The van der Waals surface area contributed by atoms with Crippen molar-refractivity contribution in [1.29, 1.82) is 0 Å². The monoisotopic (exact) mass is 374 g/mol. The number of aryl methyl sites for hydroxylation is 1. The lowest BCUT2D eigenvalue weighted by molar-refractivity contribution is 0.251. The minimum Gasteiger partial charge on any atom is -0.334 e. The highest BCUT2D eigenvalue weighted by molar-refractivity contribution is 5.88. The third-order valence-electron chi connectivity index (χ3n) is 4.10. The predicted octanol–water partition coefficient (Wildman–Crippen LogP) is 4.07. The van der Waals surface area contributed by atoms with Gasteiger partial charge in [0, 0.05) is 25.0 Å². The Kier molecular flexibility index (Phi) is 5.96. The van der Waals surface area contributed by atoms with Crippen LogP contribution in [-0.2, 0) is 6.54 Å². The van der Waals surface area contributed by atoms with Gasteiger partial charge in [-0.1, -0.05) is 30.3 Å². The minimum absolute atomic E-state index is 0.303. The average molecular weight is 374 g/mol. The first-order valence-corrected chi connectivity index (χ1v) is 8.85.